The highest BCUT2D eigenvalue weighted by Crippen LogP contribution is 2.26. The summed E-state index contributed by atoms with van der Waals surface area (Å²) in [6, 6.07) is 0. The van der Waals surface area contributed by atoms with E-state index in [4.69, 9.17) is 4.74 Å². The third kappa shape index (κ3) is 1.10. The molecular weight excluding hydrogens is 114 g/mol. The maximum atomic E-state index is 5.31. The van der Waals surface area contributed by atoms with Crippen molar-refractivity contribution in [3.8, 4) is 0 Å². The highest BCUT2D eigenvalue weighted by molar-refractivity contribution is 4.95. The SMILES string of the molecule is [CH2-]N1CC(CC)(OC)C1. The molecule has 0 N–H and O–H groups in total. The van der Waals surface area contributed by atoms with Crippen LogP contribution in [0.25, 0.3) is 0 Å². The fourth-order valence-corrected chi connectivity index (χ4v) is 1.27. The zero-order chi connectivity index (χ0) is 6.91. The van der Waals surface area contributed by atoms with Crippen molar-refractivity contribution in [2.24, 2.45) is 0 Å². The van der Waals surface area contributed by atoms with Gasteiger partial charge in [0.15, 0.2) is 0 Å². The summed E-state index contributed by atoms with van der Waals surface area (Å²) >= 11 is 0. The lowest BCUT2D eigenvalue weighted by Gasteiger charge is -2.52. The Morgan fingerprint density at radius 1 is 1.67 bits per heavy atom. The van der Waals surface area contributed by atoms with Crippen molar-refractivity contribution in [3.63, 3.8) is 0 Å². The molecule has 0 radical (unpaired) electrons. The van der Waals surface area contributed by atoms with Crippen molar-refractivity contribution >= 4 is 0 Å². The van der Waals surface area contributed by atoms with Crippen LogP contribution in [-0.4, -0.2) is 30.7 Å². The van der Waals surface area contributed by atoms with Crippen LogP contribution in [-0.2, 0) is 4.74 Å². The summed E-state index contributed by atoms with van der Waals surface area (Å²) in [6.07, 6.45) is 1.09. The molecule has 1 saturated heterocycles. The van der Waals surface area contributed by atoms with Gasteiger partial charge in [0, 0.05) is 20.2 Å². The van der Waals surface area contributed by atoms with E-state index in [1.165, 1.54) is 0 Å². The van der Waals surface area contributed by atoms with Crippen LogP contribution in [0.15, 0.2) is 0 Å². The highest BCUT2D eigenvalue weighted by Gasteiger charge is 2.35. The topological polar surface area (TPSA) is 12.5 Å². The minimum absolute atomic E-state index is 0.141. The van der Waals surface area contributed by atoms with Crippen LogP contribution in [0.2, 0.25) is 0 Å². The fraction of sp³-hybridized carbons (Fsp3) is 0.857. The minimum Gasteiger partial charge on any atom is -0.454 e. The molecule has 0 saturated carbocycles. The van der Waals surface area contributed by atoms with E-state index in [-0.39, 0.29) is 5.60 Å². The van der Waals surface area contributed by atoms with Gasteiger partial charge in [-0.05, 0) is 6.42 Å². The van der Waals surface area contributed by atoms with Crippen LogP contribution in [0.4, 0.5) is 0 Å². The molecule has 9 heavy (non-hydrogen) atoms. The Morgan fingerprint density at radius 3 is 2.33 bits per heavy atom. The summed E-state index contributed by atoms with van der Waals surface area (Å²) in [4.78, 5) is 2.02. The Bertz CT molecular complexity index is 91.1. The Morgan fingerprint density at radius 2 is 2.22 bits per heavy atom. The Balaban J connectivity index is 2.36. The molecule has 1 heterocycles. The Labute approximate surface area is 56.8 Å². The van der Waals surface area contributed by atoms with Crippen LogP contribution in [0.3, 0.4) is 0 Å². The second kappa shape index (κ2) is 2.27. The molecule has 0 aromatic carbocycles. The van der Waals surface area contributed by atoms with Crippen LogP contribution in [0.1, 0.15) is 13.3 Å². The second-order valence-electron chi connectivity index (χ2n) is 2.73. The summed E-state index contributed by atoms with van der Waals surface area (Å²) in [5.41, 5.74) is 0.141. The first kappa shape index (κ1) is 7.03. The number of likely N-dealkylation sites (tertiary alicyclic amines) is 1. The van der Waals surface area contributed by atoms with Crippen molar-refractivity contribution in [1.82, 2.24) is 4.90 Å². The molecular formula is C7H14NO-. The van der Waals surface area contributed by atoms with Gasteiger partial charge in [-0.15, -0.1) is 0 Å². The minimum atomic E-state index is 0.141. The van der Waals surface area contributed by atoms with Gasteiger partial charge in [-0.25, -0.2) is 0 Å². The van der Waals surface area contributed by atoms with E-state index in [1.807, 2.05) is 4.90 Å². The summed E-state index contributed by atoms with van der Waals surface area (Å²) in [5.74, 6) is 0. The molecule has 0 aliphatic carbocycles. The number of hydrogen-bond acceptors (Lipinski definition) is 2. The van der Waals surface area contributed by atoms with E-state index in [1.54, 1.807) is 7.11 Å². The first-order valence-electron chi connectivity index (χ1n) is 3.33. The Kier molecular flexibility index (Phi) is 1.78. The monoisotopic (exact) mass is 128 g/mol. The van der Waals surface area contributed by atoms with Crippen molar-refractivity contribution < 1.29 is 4.74 Å². The van der Waals surface area contributed by atoms with Gasteiger partial charge in [-0.1, -0.05) is 6.92 Å². The normalized spacial score (nSPS) is 25.7. The fourth-order valence-electron chi connectivity index (χ4n) is 1.27. The molecule has 0 aromatic rings. The largest absolute Gasteiger partial charge is 0.454 e. The molecule has 1 aliphatic rings. The first-order chi connectivity index (χ1) is 4.22. The van der Waals surface area contributed by atoms with E-state index in [0.717, 1.165) is 19.5 Å². The average molecular weight is 128 g/mol. The van der Waals surface area contributed by atoms with E-state index >= 15 is 0 Å². The van der Waals surface area contributed by atoms with Gasteiger partial charge in [0.25, 0.3) is 0 Å². The predicted octanol–water partition coefficient (Wildman–Crippen LogP) is 0.889. The molecule has 0 aromatic heterocycles. The summed E-state index contributed by atoms with van der Waals surface area (Å²) < 4.78 is 5.31. The van der Waals surface area contributed by atoms with Crippen molar-refractivity contribution in [1.29, 1.82) is 0 Å². The highest BCUT2D eigenvalue weighted by atomic mass is 16.5. The van der Waals surface area contributed by atoms with Crippen LogP contribution in [0, 0.1) is 7.05 Å². The van der Waals surface area contributed by atoms with Crippen molar-refractivity contribution in [3.05, 3.63) is 7.05 Å². The van der Waals surface area contributed by atoms with Gasteiger partial charge in [0.05, 0.1) is 5.60 Å². The van der Waals surface area contributed by atoms with E-state index < -0.39 is 0 Å². The molecule has 1 rings (SSSR count). The number of rotatable bonds is 2. The van der Waals surface area contributed by atoms with Gasteiger partial charge >= 0.3 is 0 Å². The van der Waals surface area contributed by atoms with E-state index in [0.29, 0.717) is 0 Å². The van der Waals surface area contributed by atoms with Crippen LogP contribution >= 0.6 is 0 Å². The number of ether oxygens (including phenoxy) is 1. The molecule has 2 heteroatoms. The molecule has 1 fully saturated rings. The third-order valence-electron chi connectivity index (χ3n) is 2.10. The quantitative estimate of drug-likeness (QED) is 0.512. The summed E-state index contributed by atoms with van der Waals surface area (Å²) in [6.45, 7) is 4.12. The maximum Gasteiger partial charge on any atom is 0.0880 e. The van der Waals surface area contributed by atoms with Gasteiger partial charge in [-0.3, -0.25) is 7.05 Å². The van der Waals surface area contributed by atoms with Crippen LogP contribution in [0.5, 0.6) is 0 Å². The standard InChI is InChI=1S/C7H14NO/c1-4-7(9-3)5-8(2)6-7/h2,4-6H2,1,3H3/q-1. The molecule has 0 unspecified atom stereocenters. The summed E-state index contributed by atoms with van der Waals surface area (Å²) in [7, 11) is 5.56. The number of nitrogens with zero attached hydrogens (tertiary/aromatic N) is 1. The zero-order valence-electron chi connectivity index (χ0n) is 6.18. The lowest BCUT2D eigenvalue weighted by atomic mass is 9.92. The number of methoxy groups -OCH3 is 1. The predicted molar refractivity (Wildman–Crippen MR) is 37.0 cm³/mol. The lowest BCUT2D eigenvalue weighted by Crippen LogP contribution is -2.59. The molecule has 0 spiro atoms. The van der Waals surface area contributed by atoms with Crippen molar-refractivity contribution in [2.45, 2.75) is 18.9 Å². The molecule has 0 bridgehead atoms. The Hall–Kier alpha value is -0.0800. The van der Waals surface area contributed by atoms with Crippen LogP contribution < -0.4 is 0 Å². The van der Waals surface area contributed by atoms with Gasteiger partial charge in [0.1, 0.15) is 0 Å². The molecule has 0 atom stereocenters. The van der Waals surface area contributed by atoms with Crippen molar-refractivity contribution in [2.75, 3.05) is 20.2 Å². The van der Waals surface area contributed by atoms with Gasteiger partial charge in [0.2, 0.25) is 0 Å². The first-order valence-corrected chi connectivity index (χ1v) is 3.33. The average Bonchev–Trinajstić information content (AvgIpc) is 1.81. The maximum absolute atomic E-state index is 5.31. The summed E-state index contributed by atoms with van der Waals surface area (Å²) in [5, 5.41) is 0. The zero-order valence-corrected chi connectivity index (χ0v) is 6.18. The molecule has 54 valence electrons. The lowest BCUT2D eigenvalue weighted by molar-refractivity contribution is -0.109. The molecule has 1 aliphatic heterocycles. The smallest absolute Gasteiger partial charge is 0.0880 e. The van der Waals surface area contributed by atoms with E-state index in [2.05, 4.69) is 14.0 Å². The molecule has 2 nitrogen and oxygen atoms in total. The molecule has 0 amide bonds. The second-order valence-corrected chi connectivity index (χ2v) is 2.73. The van der Waals surface area contributed by atoms with Gasteiger partial charge < -0.3 is 9.64 Å². The van der Waals surface area contributed by atoms with E-state index in [9.17, 15) is 0 Å². The third-order valence-corrected chi connectivity index (χ3v) is 2.10. The van der Waals surface area contributed by atoms with Gasteiger partial charge in [-0.2, -0.15) is 0 Å². The number of hydrogen-bond donors (Lipinski definition) is 0.